The molecule has 0 radical (unpaired) electrons. The Bertz CT molecular complexity index is 349. The molecule has 110 valence electrons. The molecule has 0 spiro atoms. The first-order valence-electron chi connectivity index (χ1n) is 7.11. The van der Waals surface area contributed by atoms with Crippen LogP contribution in [-0.2, 0) is 19.0 Å². The minimum atomic E-state index is -0.748. The van der Waals surface area contributed by atoms with Crippen LogP contribution >= 0.6 is 0 Å². The first kappa shape index (κ1) is 14.9. The van der Waals surface area contributed by atoms with Gasteiger partial charge in [0.15, 0.2) is 12.6 Å². The molecule has 4 heteroatoms. The maximum atomic E-state index is 11.7. The van der Waals surface area contributed by atoms with Crippen LogP contribution in [0.25, 0.3) is 0 Å². The number of carbonyl (C=O) groups is 1. The highest BCUT2D eigenvalue weighted by atomic mass is 16.7. The molecule has 1 aliphatic heterocycles. The third-order valence-electron chi connectivity index (χ3n) is 4.57. The van der Waals surface area contributed by atoms with Crippen molar-refractivity contribution in [2.45, 2.75) is 77.0 Å². The van der Waals surface area contributed by atoms with E-state index < -0.39 is 5.60 Å². The number of ether oxygens (including phenoxy) is 3. The summed E-state index contributed by atoms with van der Waals surface area (Å²) in [5.74, 6) is 0. The van der Waals surface area contributed by atoms with Gasteiger partial charge in [0.1, 0.15) is 5.60 Å². The molecular weight excluding hydrogens is 244 g/mol. The lowest BCUT2D eigenvalue weighted by Crippen LogP contribution is -2.56. The first-order valence-corrected chi connectivity index (χ1v) is 7.11. The van der Waals surface area contributed by atoms with Crippen molar-refractivity contribution in [2.75, 3.05) is 7.11 Å². The molecule has 2 fully saturated rings. The largest absolute Gasteiger partial charge is 0.372 e. The van der Waals surface area contributed by atoms with E-state index in [1.165, 1.54) is 0 Å². The van der Waals surface area contributed by atoms with Crippen LogP contribution in [-0.4, -0.2) is 37.0 Å². The highest BCUT2D eigenvalue weighted by molar-refractivity contribution is 5.66. The van der Waals surface area contributed by atoms with E-state index in [0.717, 1.165) is 25.5 Å². The molecule has 0 aromatic heterocycles. The highest BCUT2D eigenvalue weighted by Crippen LogP contribution is 2.55. The fourth-order valence-corrected chi connectivity index (χ4v) is 3.52. The summed E-state index contributed by atoms with van der Waals surface area (Å²) in [7, 11) is 1.63. The Kier molecular flexibility index (Phi) is 3.80. The van der Waals surface area contributed by atoms with Gasteiger partial charge in [-0.1, -0.05) is 6.92 Å². The molecular formula is C15H26O4. The van der Waals surface area contributed by atoms with E-state index >= 15 is 0 Å². The zero-order chi connectivity index (χ0) is 14.3. The summed E-state index contributed by atoms with van der Waals surface area (Å²) in [6.07, 6.45) is 4.10. The van der Waals surface area contributed by atoms with E-state index in [2.05, 4.69) is 27.7 Å². The second-order valence-corrected chi connectivity index (χ2v) is 7.02. The molecule has 2 rings (SSSR count). The molecule has 4 nitrogen and oxygen atoms in total. The van der Waals surface area contributed by atoms with Crippen LogP contribution < -0.4 is 0 Å². The molecule has 0 bridgehead atoms. The molecule has 0 aromatic carbocycles. The number of hydrogen-bond donors (Lipinski definition) is 0. The summed E-state index contributed by atoms with van der Waals surface area (Å²) >= 11 is 0. The van der Waals surface area contributed by atoms with Crippen molar-refractivity contribution in [3.05, 3.63) is 0 Å². The minimum absolute atomic E-state index is 0.0339. The zero-order valence-corrected chi connectivity index (χ0v) is 12.7. The molecule has 19 heavy (non-hydrogen) atoms. The third kappa shape index (κ3) is 2.46. The van der Waals surface area contributed by atoms with Crippen LogP contribution in [0.15, 0.2) is 0 Å². The van der Waals surface area contributed by atoms with Crippen LogP contribution in [0, 0.1) is 5.41 Å². The molecule has 0 amide bonds. The monoisotopic (exact) mass is 270 g/mol. The second kappa shape index (κ2) is 4.83. The van der Waals surface area contributed by atoms with Crippen molar-refractivity contribution in [2.24, 2.45) is 5.41 Å². The molecule has 1 heterocycles. The summed E-state index contributed by atoms with van der Waals surface area (Å²) in [5.41, 5.74) is -1.27. The standard InChI is InChI=1S/C15H26O4/c1-13(2,3)18-11-7-6-8-15(10-16)14(11,4)9-12(17-5)19-15/h10-12H,6-9H2,1-5H3/t11-,12-,14+,15+/m0/s1. The van der Waals surface area contributed by atoms with Gasteiger partial charge in [0, 0.05) is 18.9 Å². The van der Waals surface area contributed by atoms with E-state index in [-0.39, 0.29) is 23.4 Å². The summed E-state index contributed by atoms with van der Waals surface area (Å²) in [4.78, 5) is 11.7. The van der Waals surface area contributed by atoms with E-state index in [1.54, 1.807) is 7.11 Å². The predicted octanol–water partition coefficient (Wildman–Crippen LogP) is 2.69. The van der Waals surface area contributed by atoms with E-state index in [9.17, 15) is 4.79 Å². The maximum absolute atomic E-state index is 11.7. The van der Waals surface area contributed by atoms with Gasteiger partial charge in [-0.15, -0.1) is 0 Å². The van der Waals surface area contributed by atoms with E-state index in [4.69, 9.17) is 14.2 Å². The molecule has 1 aliphatic carbocycles. The Hall–Kier alpha value is -0.450. The summed E-state index contributed by atoms with van der Waals surface area (Å²) in [6.45, 7) is 8.27. The average Bonchev–Trinajstić information content (AvgIpc) is 2.62. The summed E-state index contributed by atoms with van der Waals surface area (Å²) in [5, 5.41) is 0. The van der Waals surface area contributed by atoms with Crippen molar-refractivity contribution < 1.29 is 19.0 Å². The Morgan fingerprint density at radius 3 is 2.58 bits per heavy atom. The number of methoxy groups -OCH3 is 1. The fourth-order valence-electron chi connectivity index (χ4n) is 3.52. The van der Waals surface area contributed by atoms with Crippen molar-refractivity contribution in [3.63, 3.8) is 0 Å². The number of rotatable bonds is 3. The van der Waals surface area contributed by atoms with Crippen molar-refractivity contribution >= 4 is 6.29 Å². The van der Waals surface area contributed by atoms with E-state index in [0.29, 0.717) is 6.42 Å². The maximum Gasteiger partial charge on any atom is 0.159 e. The van der Waals surface area contributed by atoms with Crippen LogP contribution in [0.3, 0.4) is 0 Å². The fraction of sp³-hybridized carbons (Fsp3) is 0.933. The number of fused-ring (bicyclic) bond motifs is 1. The SMILES string of the molecule is CO[C@@H]1C[C@]2(C)[C@@H](OC(C)(C)C)CCC[C@]2(C=O)O1. The average molecular weight is 270 g/mol. The highest BCUT2D eigenvalue weighted by Gasteiger charge is 2.63. The van der Waals surface area contributed by atoms with Gasteiger partial charge in [0.2, 0.25) is 0 Å². The Morgan fingerprint density at radius 1 is 1.37 bits per heavy atom. The molecule has 2 aliphatic rings. The van der Waals surface area contributed by atoms with Gasteiger partial charge >= 0.3 is 0 Å². The van der Waals surface area contributed by atoms with Crippen molar-refractivity contribution in [3.8, 4) is 0 Å². The minimum Gasteiger partial charge on any atom is -0.372 e. The molecule has 0 N–H and O–H groups in total. The smallest absolute Gasteiger partial charge is 0.159 e. The number of hydrogen-bond acceptors (Lipinski definition) is 4. The number of aldehydes is 1. The van der Waals surface area contributed by atoms with Gasteiger partial charge in [-0.25, -0.2) is 0 Å². The summed E-state index contributed by atoms with van der Waals surface area (Å²) in [6, 6.07) is 0. The Balaban J connectivity index is 2.30. The Morgan fingerprint density at radius 2 is 2.05 bits per heavy atom. The van der Waals surface area contributed by atoms with Gasteiger partial charge in [-0.2, -0.15) is 0 Å². The molecule has 1 saturated heterocycles. The van der Waals surface area contributed by atoms with Gasteiger partial charge in [0.25, 0.3) is 0 Å². The lowest BCUT2D eigenvalue weighted by Gasteiger charge is -2.48. The zero-order valence-electron chi connectivity index (χ0n) is 12.7. The lowest BCUT2D eigenvalue weighted by molar-refractivity contribution is -0.203. The van der Waals surface area contributed by atoms with Crippen LogP contribution in [0.5, 0.6) is 0 Å². The van der Waals surface area contributed by atoms with Crippen LogP contribution in [0.2, 0.25) is 0 Å². The molecule has 0 aromatic rings. The Labute approximate surface area is 115 Å². The van der Waals surface area contributed by atoms with E-state index in [1.807, 2.05) is 0 Å². The third-order valence-corrected chi connectivity index (χ3v) is 4.57. The molecule has 1 saturated carbocycles. The molecule has 0 unspecified atom stereocenters. The van der Waals surface area contributed by atoms with Crippen molar-refractivity contribution in [1.29, 1.82) is 0 Å². The normalized spacial score (nSPS) is 43.0. The summed E-state index contributed by atoms with van der Waals surface area (Å²) < 4.78 is 17.5. The van der Waals surface area contributed by atoms with Gasteiger partial charge < -0.3 is 19.0 Å². The second-order valence-electron chi connectivity index (χ2n) is 7.02. The predicted molar refractivity (Wildman–Crippen MR) is 71.9 cm³/mol. The van der Waals surface area contributed by atoms with Crippen molar-refractivity contribution in [1.82, 2.24) is 0 Å². The van der Waals surface area contributed by atoms with Gasteiger partial charge in [-0.05, 0) is 40.0 Å². The topological polar surface area (TPSA) is 44.8 Å². The molecule has 4 atom stereocenters. The van der Waals surface area contributed by atoms with Gasteiger partial charge in [-0.3, -0.25) is 0 Å². The van der Waals surface area contributed by atoms with Crippen LogP contribution in [0.1, 0.15) is 53.4 Å². The number of carbonyl (C=O) groups excluding carboxylic acids is 1. The van der Waals surface area contributed by atoms with Crippen LogP contribution in [0.4, 0.5) is 0 Å². The lowest BCUT2D eigenvalue weighted by atomic mass is 9.62. The first-order chi connectivity index (χ1) is 8.76. The quantitative estimate of drug-likeness (QED) is 0.740. The van der Waals surface area contributed by atoms with Gasteiger partial charge in [0.05, 0.1) is 11.7 Å².